The molecule has 1 aromatic rings. The van der Waals surface area contributed by atoms with E-state index in [-0.39, 0.29) is 11.3 Å². The third-order valence-corrected chi connectivity index (χ3v) is 3.74. The van der Waals surface area contributed by atoms with Gasteiger partial charge in [0.1, 0.15) is 0 Å². The van der Waals surface area contributed by atoms with Crippen LogP contribution < -0.4 is 15.6 Å². The summed E-state index contributed by atoms with van der Waals surface area (Å²) in [4.78, 5) is 26.4. The van der Waals surface area contributed by atoms with Crippen molar-refractivity contribution in [3.63, 3.8) is 0 Å². The Labute approximate surface area is 127 Å². The number of aromatic nitrogens is 2. The van der Waals surface area contributed by atoms with Gasteiger partial charge in [0.05, 0.1) is 0 Å². The number of aliphatic hydroxyl groups excluding tert-OH is 2. The molecule has 1 aliphatic heterocycles. The van der Waals surface area contributed by atoms with Gasteiger partial charge >= 0.3 is 127 Å². The summed E-state index contributed by atoms with van der Waals surface area (Å²) in [6, 6.07) is 0. The van der Waals surface area contributed by atoms with E-state index in [9.17, 15) is 19.8 Å². The molecule has 1 aliphatic rings. The number of carboxylic acids is 1. The van der Waals surface area contributed by atoms with Crippen LogP contribution in [-0.2, 0) is 16.1 Å². The Morgan fingerprint density at radius 3 is 2.71 bits per heavy atom. The van der Waals surface area contributed by atoms with Crippen LogP contribution >= 0.6 is 0 Å². The molecule has 4 N–H and O–H groups in total. The summed E-state index contributed by atoms with van der Waals surface area (Å²) in [5, 5.41) is 31.4. The number of ether oxygens (including phenoxy) is 1. The molecule has 1 aromatic heterocycles. The van der Waals surface area contributed by atoms with Crippen LogP contribution in [-0.4, -0.2) is 72.2 Å². The number of rotatable bonds is 4. The number of nitrogens with zero attached hydrogens (tertiary/aromatic N) is 2. The van der Waals surface area contributed by atoms with Crippen LogP contribution in [0.15, 0.2) is 11.0 Å². The van der Waals surface area contributed by atoms with E-state index < -0.39 is 36.1 Å². The van der Waals surface area contributed by atoms with Gasteiger partial charge in [-0.05, 0) is 0 Å². The van der Waals surface area contributed by atoms with Crippen molar-refractivity contribution >= 4 is 26.7 Å². The number of hydrogen-bond acceptors (Lipinski definition) is 7. The normalized spacial score (nSPS) is 28.7. The second-order valence-electron chi connectivity index (χ2n) is 4.56. The van der Waals surface area contributed by atoms with Crippen molar-refractivity contribution in [2.24, 2.45) is 0 Å². The monoisotopic (exact) mass is 364 g/mol. The van der Waals surface area contributed by atoms with E-state index in [0.29, 0.717) is 5.56 Å². The quantitative estimate of drug-likeness (QED) is 0.404. The summed E-state index contributed by atoms with van der Waals surface area (Å²) in [6.45, 7) is 0.250. The first kappa shape index (κ1) is 16.1. The molecule has 0 amide bonds. The molecule has 1 fully saturated rings. The van der Waals surface area contributed by atoms with Crippen molar-refractivity contribution in [2.75, 3.05) is 7.05 Å². The maximum atomic E-state index is 11.7. The Kier molecular flexibility index (Phi) is 4.77. The molecule has 0 unspecified atom stereocenters. The van der Waals surface area contributed by atoms with Gasteiger partial charge in [0, 0.05) is 0 Å². The molecule has 2 rings (SSSR count). The Balaban J connectivity index is 2.40. The Morgan fingerprint density at radius 2 is 2.19 bits per heavy atom. The third-order valence-electron chi connectivity index (χ3n) is 3.11. The number of nitrogens with one attached hydrogen (secondary N) is 1. The van der Waals surface area contributed by atoms with E-state index in [1.54, 1.807) is 7.05 Å². The van der Waals surface area contributed by atoms with Crippen molar-refractivity contribution in [3.8, 4) is 0 Å². The average Bonchev–Trinajstić information content (AvgIpc) is 2.70. The fourth-order valence-electron chi connectivity index (χ4n) is 2.08. The van der Waals surface area contributed by atoms with E-state index in [1.165, 1.54) is 10.8 Å². The van der Waals surface area contributed by atoms with Crippen molar-refractivity contribution in [2.45, 2.75) is 31.1 Å². The van der Waals surface area contributed by atoms with Crippen LogP contribution in [0.3, 0.4) is 0 Å². The summed E-state index contributed by atoms with van der Waals surface area (Å²) >= 11 is 2.55. The van der Waals surface area contributed by atoms with Gasteiger partial charge in [0.2, 0.25) is 0 Å². The van der Waals surface area contributed by atoms with Crippen LogP contribution in [0.2, 0.25) is 0 Å². The van der Waals surface area contributed by atoms with E-state index >= 15 is 0 Å². The molecule has 21 heavy (non-hydrogen) atoms. The molecule has 0 aromatic carbocycles. The fourth-order valence-corrected chi connectivity index (χ4v) is 2.58. The molecule has 10 heteroatoms. The number of aliphatic hydroxyl groups is 2. The van der Waals surface area contributed by atoms with Crippen LogP contribution in [0.4, 0.5) is 0 Å². The molecule has 4 atom stereocenters. The summed E-state index contributed by atoms with van der Waals surface area (Å²) in [5.41, 5.74) is -0.127. The molecular weight excluding hydrogens is 349 g/mol. The average molecular weight is 363 g/mol. The van der Waals surface area contributed by atoms with E-state index in [4.69, 9.17) is 9.84 Å². The number of carboxylic acid groups (broad SMARTS) is 1. The molecule has 115 valence electrons. The first-order valence-corrected chi connectivity index (χ1v) is 6.90. The van der Waals surface area contributed by atoms with Crippen molar-refractivity contribution < 1.29 is 24.9 Å². The second kappa shape index (κ2) is 6.22. The summed E-state index contributed by atoms with van der Waals surface area (Å²) < 4.78 is 6.59. The van der Waals surface area contributed by atoms with Gasteiger partial charge < -0.3 is 0 Å². The fraction of sp³-hybridized carbons (Fsp3) is 0.545. The zero-order valence-electron chi connectivity index (χ0n) is 11.0. The minimum atomic E-state index is -1.57. The van der Waals surface area contributed by atoms with Gasteiger partial charge in [0.15, 0.2) is 0 Å². The van der Waals surface area contributed by atoms with Gasteiger partial charge in [-0.1, -0.05) is 0 Å². The first-order valence-electron chi connectivity index (χ1n) is 6.05. The molecule has 2 heterocycles. The van der Waals surface area contributed by atoms with Crippen molar-refractivity contribution in [3.05, 3.63) is 22.1 Å². The van der Waals surface area contributed by atoms with Gasteiger partial charge in [-0.15, -0.1) is 0 Å². The first-order chi connectivity index (χ1) is 9.86. The van der Waals surface area contributed by atoms with Gasteiger partial charge in [-0.25, -0.2) is 0 Å². The summed E-state index contributed by atoms with van der Waals surface area (Å²) in [7, 11) is 1.65. The Morgan fingerprint density at radius 1 is 1.52 bits per heavy atom. The molecule has 0 spiro atoms. The van der Waals surface area contributed by atoms with Gasteiger partial charge in [-0.3, -0.25) is 0 Å². The van der Waals surface area contributed by atoms with Crippen LogP contribution in [0.25, 0.3) is 0 Å². The topological polar surface area (TPSA) is 134 Å². The molecule has 0 saturated carbocycles. The molecule has 9 nitrogen and oxygen atoms in total. The van der Waals surface area contributed by atoms with Crippen LogP contribution in [0.5, 0.6) is 0 Å². The Hall–Kier alpha value is -1.29. The number of carbonyl (C=O) groups is 1. The standard InChI is InChI=1S/C11H14N3O6Se/c1-12-2-4-3-14(11(21)13-8(4)17)9-6(16)5(15)7(20-9)10(18)19/h3,5-7,9,12,15-16H,2H2,1H3,(H,18,19)/t5-,6+,7-,9+/m0/s1. The van der Waals surface area contributed by atoms with Crippen molar-refractivity contribution in [1.29, 1.82) is 0 Å². The molecule has 1 saturated heterocycles. The predicted molar refractivity (Wildman–Crippen MR) is 70.2 cm³/mol. The third kappa shape index (κ3) is 3.00. The van der Waals surface area contributed by atoms with E-state index in [1.807, 2.05) is 0 Å². The SMILES string of the molecule is CNCc1cn([C@@H]2O[C@H](C(=O)O)[C@@H](O)[C@H]2O)c([Se])nc1=O. The zero-order chi connectivity index (χ0) is 15.7. The predicted octanol–water partition coefficient (Wildman–Crippen LogP) is -3.54. The van der Waals surface area contributed by atoms with Crippen molar-refractivity contribution in [1.82, 2.24) is 14.9 Å². The molecule has 0 bridgehead atoms. The molecule has 0 aliphatic carbocycles. The van der Waals surface area contributed by atoms with E-state index in [0.717, 1.165) is 0 Å². The van der Waals surface area contributed by atoms with Gasteiger partial charge in [-0.2, -0.15) is 0 Å². The Bertz CT molecular complexity index is 606. The molecule has 1 radical (unpaired) electrons. The van der Waals surface area contributed by atoms with Crippen LogP contribution in [0.1, 0.15) is 11.8 Å². The number of hydrogen-bond donors (Lipinski definition) is 4. The van der Waals surface area contributed by atoms with E-state index in [2.05, 4.69) is 26.3 Å². The summed E-state index contributed by atoms with van der Waals surface area (Å²) in [6.07, 6.45) is -4.32. The van der Waals surface area contributed by atoms with Crippen LogP contribution in [0, 0.1) is 0 Å². The minimum absolute atomic E-state index is 0.127. The van der Waals surface area contributed by atoms with Gasteiger partial charge in [0.25, 0.3) is 0 Å². The zero-order valence-corrected chi connectivity index (χ0v) is 12.7. The number of aliphatic carboxylic acids is 1. The maximum absolute atomic E-state index is 11.7. The second-order valence-corrected chi connectivity index (χ2v) is 5.32. The molecular formula is C11H14N3O6Se. The summed E-state index contributed by atoms with van der Waals surface area (Å²) in [5.74, 6) is -1.38.